The zero-order valence-corrected chi connectivity index (χ0v) is 16.8. The fourth-order valence-corrected chi connectivity index (χ4v) is 7.19. The van der Waals surface area contributed by atoms with E-state index >= 15 is 0 Å². The summed E-state index contributed by atoms with van der Waals surface area (Å²) in [6.07, 6.45) is 6.77. The second-order valence-electron chi connectivity index (χ2n) is 9.92. The zero-order valence-electron chi connectivity index (χ0n) is 16.8. The van der Waals surface area contributed by atoms with Gasteiger partial charge in [-0.2, -0.15) is 0 Å². The molecule has 1 aliphatic heterocycles. The average Bonchev–Trinajstić information content (AvgIpc) is 3.18. The summed E-state index contributed by atoms with van der Waals surface area (Å²) in [5.74, 6) is -2.29. The van der Waals surface area contributed by atoms with E-state index in [2.05, 4.69) is 6.92 Å². The van der Waals surface area contributed by atoms with Crippen molar-refractivity contribution in [3.63, 3.8) is 0 Å². The predicted molar refractivity (Wildman–Crippen MR) is 102 cm³/mol. The van der Waals surface area contributed by atoms with Gasteiger partial charge >= 0.3 is 11.9 Å². The lowest BCUT2D eigenvalue weighted by atomic mass is 9.48. The molecule has 3 fully saturated rings. The molecule has 2 unspecified atom stereocenters. The van der Waals surface area contributed by atoms with Crippen LogP contribution in [0.4, 0.5) is 0 Å². The van der Waals surface area contributed by atoms with Crippen molar-refractivity contribution >= 4 is 23.5 Å². The summed E-state index contributed by atoms with van der Waals surface area (Å²) in [5, 5.41) is 10.1. The molecule has 0 bridgehead atoms. The molecule has 1 saturated heterocycles. The molecular formula is C23H26O6. The smallest absolute Gasteiger partial charge is 0.307 e. The van der Waals surface area contributed by atoms with Crippen LogP contribution in [-0.2, 0) is 23.9 Å². The number of hydrogen-bond donors (Lipinski definition) is 1. The van der Waals surface area contributed by atoms with Gasteiger partial charge in [0, 0.05) is 18.3 Å². The van der Waals surface area contributed by atoms with Crippen molar-refractivity contribution in [1.82, 2.24) is 0 Å². The van der Waals surface area contributed by atoms with Gasteiger partial charge in [-0.25, -0.2) is 0 Å². The number of rotatable bonds is 1. The minimum atomic E-state index is -0.886. The molecule has 0 amide bonds. The maximum Gasteiger partial charge on any atom is 0.307 e. The van der Waals surface area contributed by atoms with Gasteiger partial charge in [0.2, 0.25) is 0 Å². The second-order valence-corrected chi connectivity index (χ2v) is 9.92. The first-order valence-corrected chi connectivity index (χ1v) is 10.6. The molecule has 2 saturated carbocycles. The van der Waals surface area contributed by atoms with Crippen molar-refractivity contribution in [2.45, 2.75) is 64.4 Å². The molecule has 4 aliphatic carbocycles. The van der Waals surface area contributed by atoms with Crippen LogP contribution in [0.5, 0.6) is 0 Å². The summed E-state index contributed by atoms with van der Waals surface area (Å²) in [6.45, 7) is 3.94. The minimum absolute atomic E-state index is 0.0327. The van der Waals surface area contributed by atoms with Crippen molar-refractivity contribution < 1.29 is 29.0 Å². The van der Waals surface area contributed by atoms with E-state index in [1.54, 1.807) is 12.2 Å². The maximum absolute atomic E-state index is 13.6. The number of carboxylic acid groups (broad SMARTS) is 1. The molecule has 5 rings (SSSR count). The lowest BCUT2D eigenvalue weighted by Gasteiger charge is -2.55. The van der Waals surface area contributed by atoms with Gasteiger partial charge in [-0.05, 0) is 63.0 Å². The molecule has 6 heteroatoms. The summed E-state index contributed by atoms with van der Waals surface area (Å²) >= 11 is 0. The Morgan fingerprint density at radius 3 is 2.52 bits per heavy atom. The molecule has 0 aromatic heterocycles. The van der Waals surface area contributed by atoms with Gasteiger partial charge in [-0.1, -0.05) is 18.1 Å². The highest BCUT2D eigenvalue weighted by molar-refractivity contribution is 6.00. The highest BCUT2D eigenvalue weighted by Gasteiger charge is 2.70. The molecule has 0 aromatic rings. The number of allylic oxidation sites excluding steroid dienone is 4. The Labute approximate surface area is 169 Å². The summed E-state index contributed by atoms with van der Waals surface area (Å²) < 4.78 is 5.78. The molecule has 5 aliphatic rings. The summed E-state index contributed by atoms with van der Waals surface area (Å²) in [7, 11) is 0. The number of carboxylic acids is 1. The normalized spacial score (nSPS) is 45.9. The van der Waals surface area contributed by atoms with Gasteiger partial charge in [-0.15, -0.1) is 0 Å². The monoisotopic (exact) mass is 398 g/mol. The first kappa shape index (κ1) is 18.8. The minimum Gasteiger partial charge on any atom is -0.481 e. The SMILES string of the molecule is C[C@]12CCC(=O)C=C1C[C@@H](C(=O)O)C1C2=CC(=O)[C@@]2(C)C1CC[C@@]21CCC(=O)O1. The Hall–Kier alpha value is -2.24. The fraction of sp³-hybridized carbons (Fsp3) is 0.652. The number of carbonyl (C=O) groups excluding carboxylic acids is 3. The number of hydrogen-bond acceptors (Lipinski definition) is 5. The summed E-state index contributed by atoms with van der Waals surface area (Å²) in [6, 6.07) is 0. The molecule has 1 spiro atoms. The fourth-order valence-electron chi connectivity index (χ4n) is 7.19. The van der Waals surface area contributed by atoms with E-state index in [4.69, 9.17) is 4.74 Å². The Bertz CT molecular complexity index is 928. The van der Waals surface area contributed by atoms with Gasteiger partial charge in [0.15, 0.2) is 11.6 Å². The molecule has 6 atom stereocenters. The lowest BCUT2D eigenvalue weighted by molar-refractivity contribution is -0.167. The predicted octanol–water partition coefficient (Wildman–Crippen LogP) is 3.00. The van der Waals surface area contributed by atoms with E-state index in [9.17, 15) is 24.3 Å². The van der Waals surface area contributed by atoms with Crippen LogP contribution in [0.15, 0.2) is 23.3 Å². The van der Waals surface area contributed by atoms with Crippen molar-refractivity contribution in [1.29, 1.82) is 0 Å². The van der Waals surface area contributed by atoms with E-state index in [1.807, 2.05) is 6.92 Å². The number of aliphatic carboxylic acids is 1. The van der Waals surface area contributed by atoms with Gasteiger partial charge in [0.25, 0.3) is 0 Å². The van der Waals surface area contributed by atoms with Crippen LogP contribution in [-0.4, -0.2) is 34.2 Å². The molecule has 6 nitrogen and oxygen atoms in total. The third-order valence-corrected chi connectivity index (χ3v) is 8.92. The van der Waals surface area contributed by atoms with Gasteiger partial charge in [0.05, 0.1) is 11.3 Å². The van der Waals surface area contributed by atoms with E-state index in [0.29, 0.717) is 44.9 Å². The third kappa shape index (κ3) is 2.18. The number of ether oxygens (including phenoxy) is 1. The van der Waals surface area contributed by atoms with Crippen LogP contribution >= 0.6 is 0 Å². The van der Waals surface area contributed by atoms with Crippen LogP contribution in [0, 0.1) is 28.6 Å². The van der Waals surface area contributed by atoms with Crippen molar-refractivity contribution in [3.05, 3.63) is 23.3 Å². The Morgan fingerprint density at radius 1 is 1.10 bits per heavy atom. The molecular weight excluding hydrogens is 372 g/mol. The zero-order chi connectivity index (χ0) is 20.8. The largest absolute Gasteiger partial charge is 0.481 e. The van der Waals surface area contributed by atoms with Crippen LogP contribution in [0.25, 0.3) is 0 Å². The van der Waals surface area contributed by atoms with E-state index in [0.717, 1.165) is 11.1 Å². The van der Waals surface area contributed by atoms with Crippen LogP contribution in [0.2, 0.25) is 0 Å². The highest BCUT2D eigenvalue weighted by Crippen LogP contribution is 2.67. The van der Waals surface area contributed by atoms with E-state index in [1.165, 1.54) is 0 Å². The molecule has 154 valence electrons. The molecule has 1 N–H and O–H groups in total. The molecule has 0 radical (unpaired) electrons. The van der Waals surface area contributed by atoms with Crippen molar-refractivity contribution in [2.24, 2.45) is 28.6 Å². The Morgan fingerprint density at radius 2 is 1.86 bits per heavy atom. The van der Waals surface area contributed by atoms with E-state index < -0.39 is 28.3 Å². The number of carbonyl (C=O) groups is 4. The standard InChI is InChI=1S/C23H26O6/c1-21-6-3-13(24)9-12(21)10-14(20(27)28)19-15-4-7-23(8-5-18(26)29-23)22(15,2)17(25)11-16(19)21/h9,11,14-15,19H,3-8,10H2,1-2H3,(H,27,28)/t14-,15?,19?,21+,22-,23-/m1/s1. The molecule has 0 aromatic carbocycles. The summed E-state index contributed by atoms with van der Waals surface area (Å²) in [5.41, 5.74) is -0.410. The van der Waals surface area contributed by atoms with E-state index in [-0.39, 0.29) is 29.4 Å². The van der Waals surface area contributed by atoms with Gasteiger partial charge in [0.1, 0.15) is 5.60 Å². The maximum atomic E-state index is 13.6. The summed E-state index contributed by atoms with van der Waals surface area (Å²) in [4.78, 5) is 49.9. The first-order chi connectivity index (χ1) is 13.6. The topological polar surface area (TPSA) is 97.7 Å². The Kier molecular flexibility index (Phi) is 3.67. The molecule has 29 heavy (non-hydrogen) atoms. The highest BCUT2D eigenvalue weighted by atomic mass is 16.6. The quantitative estimate of drug-likeness (QED) is 0.682. The third-order valence-electron chi connectivity index (χ3n) is 8.92. The number of ketones is 2. The first-order valence-electron chi connectivity index (χ1n) is 10.6. The molecule has 1 heterocycles. The van der Waals surface area contributed by atoms with Gasteiger partial charge < -0.3 is 9.84 Å². The van der Waals surface area contributed by atoms with Crippen LogP contribution in [0.1, 0.15) is 58.8 Å². The Balaban J connectivity index is 1.69. The number of fused-ring (bicyclic) bond motifs is 6. The number of esters is 1. The lowest BCUT2D eigenvalue weighted by Crippen LogP contribution is -2.57. The van der Waals surface area contributed by atoms with Crippen molar-refractivity contribution in [3.8, 4) is 0 Å². The van der Waals surface area contributed by atoms with Crippen LogP contribution < -0.4 is 0 Å². The second kappa shape index (κ2) is 5.67. The average molecular weight is 398 g/mol. The van der Waals surface area contributed by atoms with Gasteiger partial charge in [-0.3, -0.25) is 19.2 Å². The van der Waals surface area contributed by atoms with Crippen LogP contribution in [0.3, 0.4) is 0 Å². The van der Waals surface area contributed by atoms with Crippen molar-refractivity contribution in [2.75, 3.05) is 0 Å².